The summed E-state index contributed by atoms with van der Waals surface area (Å²) in [5, 5.41) is 14.4. The van der Waals surface area contributed by atoms with Crippen LogP contribution in [0.3, 0.4) is 0 Å². The Kier molecular flexibility index (Phi) is 4.84. The first kappa shape index (κ1) is 18.6. The molecule has 2 N–H and O–H groups in total. The summed E-state index contributed by atoms with van der Waals surface area (Å²) < 4.78 is 6.14. The fourth-order valence-corrected chi connectivity index (χ4v) is 4.58. The van der Waals surface area contributed by atoms with E-state index in [0.29, 0.717) is 25.9 Å². The third-order valence-electron chi connectivity index (χ3n) is 6.67. The van der Waals surface area contributed by atoms with E-state index in [2.05, 4.69) is 20.2 Å². The molecule has 1 spiro atoms. The van der Waals surface area contributed by atoms with Gasteiger partial charge in [-0.2, -0.15) is 0 Å². The quantitative estimate of drug-likeness (QED) is 0.835. The maximum absolute atomic E-state index is 12.5. The standard InChI is InChI=1S/C20H30N4O3/c1-14-12-21-13-16(22-14)24-9-6-20(7-10-24)18(26)19(2,8-11-27-20)23-17(25)15-4-3-5-15/h12-13,15,18,26H,3-11H2,1-2H3,(H,23,25)/t18-,19+/m1/s1. The second-order valence-electron chi connectivity index (χ2n) is 8.61. The van der Waals surface area contributed by atoms with Crippen LogP contribution in [0, 0.1) is 12.8 Å². The van der Waals surface area contributed by atoms with Crippen LogP contribution in [-0.2, 0) is 9.53 Å². The molecule has 0 radical (unpaired) electrons. The van der Waals surface area contributed by atoms with Crippen molar-refractivity contribution >= 4 is 11.7 Å². The van der Waals surface area contributed by atoms with E-state index in [0.717, 1.165) is 43.9 Å². The van der Waals surface area contributed by atoms with E-state index in [1.165, 1.54) is 0 Å². The molecule has 7 heteroatoms. The van der Waals surface area contributed by atoms with E-state index < -0.39 is 17.2 Å². The summed E-state index contributed by atoms with van der Waals surface area (Å²) in [7, 11) is 0. The number of aryl methyl sites for hydroxylation is 1. The lowest BCUT2D eigenvalue weighted by atomic mass is 9.72. The monoisotopic (exact) mass is 374 g/mol. The van der Waals surface area contributed by atoms with Crippen molar-refractivity contribution in [2.75, 3.05) is 24.6 Å². The van der Waals surface area contributed by atoms with E-state index in [1.54, 1.807) is 12.4 Å². The summed E-state index contributed by atoms with van der Waals surface area (Å²) in [5.41, 5.74) is -0.336. The topological polar surface area (TPSA) is 87.6 Å². The number of ether oxygens (including phenoxy) is 1. The predicted molar refractivity (Wildman–Crippen MR) is 101 cm³/mol. The molecule has 2 aliphatic heterocycles. The Morgan fingerprint density at radius 1 is 1.30 bits per heavy atom. The minimum absolute atomic E-state index is 0.0901. The second-order valence-corrected chi connectivity index (χ2v) is 8.61. The zero-order valence-corrected chi connectivity index (χ0v) is 16.3. The molecule has 4 rings (SSSR count). The van der Waals surface area contributed by atoms with Crippen LogP contribution in [-0.4, -0.2) is 57.9 Å². The van der Waals surface area contributed by atoms with Gasteiger partial charge in [0.25, 0.3) is 0 Å². The van der Waals surface area contributed by atoms with Crippen LogP contribution in [0.1, 0.15) is 51.1 Å². The van der Waals surface area contributed by atoms with Crippen LogP contribution in [0.15, 0.2) is 12.4 Å². The van der Waals surface area contributed by atoms with Crippen molar-refractivity contribution in [2.24, 2.45) is 5.92 Å². The molecule has 0 bridgehead atoms. The molecule has 0 aromatic carbocycles. The first-order valence-electron chi connectivity index (χ1n) is 10.1. The molecule has 1 amide bonds. The molecule has 7 nitrogen and oxygen atoms in total. The molecule has 2 atom stereocenters. The van der Waals surface area contributed by atoms with E-state index in [-0.39, 0.29) is 11.8 Å². The Hall–Kier alpha value is -1.73. The summed E-state index contributed by atoms with van der Waals surface area (Å²) in [4.78, 5) is 23.5. The average Bonchev–Trinajstić information content (AvgIpc) is 2.59. The predicted octanol–water partition coefficient (Wildman–Crippen LogP) is 1.58. The number of aliphatic hydroxyl groups excluding tert-OH is 1. The van der Waals surface area contributed by atoms with Crippen molar-refractivity contribution < 1.29 is 14.6 Å². The van der Waals surface area contributed by atoms with Crippen molar-refractivity contribution in [1.29, 1.82) is 0 Å². The number of carbonyl (C=O) groups is 1. The maximum atomic E-state index is 12.5. The van der Waals surface area contributed by atoms with Crippen LogP contribution in [0.5, 0.6) is 0 Å². The Morgan fingerprint density at radius 3 is 2.67 bits per heavy atom. The summed E-state index contributed by atoms with van der Waals surface area (Å²) in [6, 6.07) is 0. The molecule has 148 valence electrons. The first-order chi connectivity index (χ1) is 12.9. The van der Waals surface area contributed by atoms with Crippen molar-refractivity contribution in [3.63, 3.8) is 0 Å². The van der Waals surface area contributed by atoms with Crippen LogP contribution < -0.4 is 10.2 Å². The number of amides is 1. The highest BCUT2D eigenvalue weighted by atomic mass is 16.5. The molecule has 1 aromatic rings. The van der Waals surface area contributed by atoms with Crippen molar-refractivity contribution in [1.82, 2.24) is 15.3 Å². The highest BCUT2D eigenvalue weighted by molar-refractivity contribution is 5.80. The number of anilines is 1. The fraction of sp³-hybridized carbons (Fsp3) is 0.750. The molecular formula is C20H30N4O3. The Labute approximate surface area is 160 Å². The number of nitrogens with zero attached hydrogens (tertiary/aromatic N) is 3. The van der Waals surface area contributed by atoms with Crippen LogP contribution in [0.2, 0.25) is 0 Å². The number of piperidine rings is 1. The molecule has 2 saturated heterocycles. The lowest BCUT2D eigenvalue weighted by molar-refractivity contribution is -0.199. The van der Waals surface area contributed by atoms with Gasteiger partial charge >= 0.3 is 0 Å². The van der Waals surface area contributed by atoms with Crippen LogP contribution in [0.4, 0.5) is 5.82 Å². The third kappa shape index (κ3) is 3.43. The lowest BCUT2D eigenvalue weighted by Crippen LogP contribution is -2.69. The van der Waals surface area contributed by atoms with Gasteiger partial charge in [-0.05, 0) is 46.0 Å². The maximum Gasteiger partial charge on any atom is 0.223 e. The van der Waals surface area contributed by atoms with Crippen molar-refractivity contribution in [3.05, 3.63) is 18.1 Å². The number of aromatic nitrogens is 2. The first-order valence-corrected chi connectivity index (χ1v) is 10.1. The van der Waals surface area contributed by atoms with E-state index in [9.17, 15) is 9.90 Å². The van der Waals surface area contributed by atoms with Crippen LogP contribution in [0.25, 0.3) is 0 Å². The Morgan fingerprint density at radius 2 is 2.04 bits per heavy atom. The molecule has 3 aliphatic rings. The van der Waals surface area contributed by atoms with E-state index >= 15 is 0 Å². The van der Waals surface area contributed by atoms with Gasteiger partial charge in [0, 0.05) is 31.8 Å². The minimum atomic E-state index is -0.714. The number of rotatable bonds is 3. The SMILES string of the molecule is Cc1cncc(N2CCC3(CC2)OCC[C@](C)(NC(=O)C2CCC2)[C@H]3O)n1. The smallest absolute Gasteiger partial charge is 0.223 e. The van der Waals surface area contributed by atoms with Crippen molar-refractivity contribution in [3.8, 4) is 0 Å². The van der Waals surface area contributed by atoms with Gasteiger partial charge < -0.3 is 20.1 Å². The summed E-state index contributed by atoms with van der Waals surface area (Å²) >= 11 is 0. The average molecular weight is 374 g/mol. The van der Waals surface area contributed by atoms with Gasteiger partial charge in [0.2, 0.25) is 5.91 Å². The molecule has 1 aliphatic carbocycles. The molecule has 3 fully saturated rings. The van der Waals surface area contributed by atoms with Gasteiger partial charge in [-0.1, -0.05) is 6.42 Å². The molecule has 3 heterocycles. The highest BCUT2D eigenvalue weighted by Crippen LogP contribution is 2.41. The number of carbonyl (C=O) groups excluding carboxylic acids is 1. The zero-order valence-electron chi connectivity index (χ0n) is 16.3. The zero-order chi connectivity index (χ0) is 19.1. The third-order valence-corrected chi connectivity index (χ3v) is 6.67. The van der Waals surface area contributed by atoms with Gasteiger partial charge in [-0.3, -0.25) is 9.78 Å². The summed E-state index contributed by atoms with van der Waals surface area (Å²) in [6.45, 7) is 5.97. The van der Waals surface area contributed by atoms with Gasteiger partial charge in [0.15, 0.2) is 0 Å². The van der Waals surface area contributed by atoms with Crippen molar-refractivity contribution in [2.45, 2.75) is 69.6 Å². The normalized spacial score (nSPS) is 30.8. The van der Waals surface area contributed by atoms with Gasteiger partial charge in [-0.25, -0.2) is 4.98 Å². The number of hydrogen-bond donors (Lipinski definition) is 2. The summed E-state index contributed by atoms with van der Waals surface area (Å²) in [5.74, 6) is 1.08. The number of hydrogen-bond acceptors (Lipinski definition) is 6. The van der Waals surface area contributed by atoms with Gasteiger partial charge in [0.1, 0.15) is 11.9 Å². The highest BCUT2D eigenvalue weighted by Gasteiger charge is 2.54. The van der Waals surface area contributed by atoms with E-state index in [4.69, 9.17) is 4.74 Å². The molecule has 0 unspecified atom stereocenters. The Balaban J connectivity index is 1.44. The largest absolute Gasteiger partial charge is 0.388 e. The molecule has 27 heavy (non-hydrogen) atoms. The van der Waals surface area contributed by atoms with Gasteiger partial charge in [0.05, 0.1) is 23.0 Å². The molecule has 1 aromatic heterocycles. The Bertz CT molecular complexity index is 700. The van der Waals surface area contributed by atoms with Gasteiger partial charge in [-0.15, -0.1) is 0 Å². The second kappa shape index (κ2) is 7.02. The molecule has 1 saturated carbocycles. The minimum Gasteiger partial charge on any atom is -0.388 e. The fourth-order valence-electron chi connectivity index (χ4n) is 4.58. The summed E-state index contributed by atoms with van der Waals surface area (Å²) in [6.07, 6.45) is 7.93. The van der Waals surface area contributed by atoms with E-state index in [1.807, 2.05) is 13.8 Å². The van der Waals surface area contributed by atoms with Crippen LogP contribution >= 0.6 is 0 Å². The molecular weight excluding hydrogens is 344 g/mol. The number of aliphatic hydroxyl groups is 1. The lowest BCUT2D eigenvalue weighted by Gasteiger charge is -2.54. The number of nitrogens with one attached hydrogen (secondary N) is 1.